The van der Waals surface area contributed by atoms with E-state index in [1.54, 1.807) is 36.4 Å². The Bertz CT molecular complexity index is 1190. The number of nitrogens with one attached hydrogen (secondary N) is 2. The van der Waals surface area contributed by atoms with E-state index in [1.165, 1.54) is 0 Å². The average molecular weight is 417 g/mol. The van der Waals surface area contributed by atoms with Crippen LogP contribution in [0.2, 0.25) is 0 Å². The molecule has 3 rings (SSSR count). The minimum absolute atomic E-state index is 0.0723. The largest absolute Gasteiger partial charge is 0.507 e. The molecule has 1 heterocycles. The van der Waals surface area contributed by atoms with Crippen molar-refractivity contribution in [2.24, 2.45) is 5.10 Å². The molecule has 3 aromatic rings. The first-order valence-corrected chi connectivity index (χ1v) is 8.19. The van der Waals surface area contributed by atoms with Gasteiger partial charge in [-0.3, -0.25) is 9.78 Å². The second-order valence-electron chi connectivity index (χ2n) is 5.87. The molecule has 0 fully saturated rings. The first-order chi connectivity index (χ1) is 14.2. The summed E-state index contributed by atoms with van der Waals surface area (Å²) in [7, 11) is 0. The van der Waals surface area contributed by atoms with Gasteiger partial charge < -0.3 is 5.11 Å². The summed E-state index contributed by atoms with van der Waals surface area (Å²) >= 11 is 0. The minimum Gasteiger partial charge on any atom is -0.507 e. The number of H-pyrrole nitrogens is 1. The first kappa shape index (κ1) is 20.5. The fourth-order valence-electron chi connectivity index (χ4n) is 2.49. The zero-order chi connectivity index (χ0) is 21.9. The fourth-order valence-corrected chi connectivity index (χ4v) is 2.49. The molecule has 30 heavy (non-hydrogen) atoms. The summed E-state index contributed by atoms with van der Waals surface area (Å²) in [5.74, 6) is -2.53. The number of rotatable bonds is 4. The number of phenols is 1. The third-order valence-electron chi connectivity index (χ3n) is 3.88. The monoisotopic (exact) mass is 417 g/mol. The van der Waals surface area contributed by atoms with Crippen LogP contribution < -0.4 is 11.0 Å². The number of halogens is 4. The Morgan fingerprint density at radius 1 is 1.23 bits per heavy atom. The van der Waals surface area contributed by atoms with E-state index in [1.807, 2.05) is 0 Å². The lowest BCUT2D eigenvalue weighted by Crippen LogP contribution is -2.16. The molecule has 1 aromatic heterocycles. The van der Waals surface area contributed by atoms with E-state index in [9.17, 15) is 32.7 Å². The molecule has 0 amide bonds. The Morgan fingerprint density at radius 2 is 1.93 bits per heavy atom. The Hall–Kier alpha value is -4.20. The van der Waals surface area contributed by atoms with Crippen molar-refractivity contribution in [3.8, 4) is 23.1 Å². The quantitative estimate of drug-likeness (QED) is 0.341. The zero-order valence-corrected chi connectivity index (χ0v) is 14.8. The molecule has 152 valence electrons. The number of aromatic amines is 1. The van der Waals surface area contributed by atoms with Crippen LogP contribution in [0, 0.1) is 17.1 Å². The molecular weight excluding hydrogens is 406 g/mol. The lowest BCUT2D eigenvalue weighted by atomic mass is 10.1. The highest BCUT2D eigenvalue weighted by molar-refractivity contribution is 5.84. The standard InChI is InChI=1S/C19H11F4N5O2/c20-14-6-11(19(21,22)23)7-15(29)13(14)9-25-28-18-26-16(10-4-2-1-3-5-10)12(8-24)17(30)27-18/h1-7,9,29H,(H2,26,27,28,30). The van der Waals surface area contributed by atoms with Gasteiger partial charge >= 0.3 is 6.18 Å². The second-order valence-corrected chi connectivity index (χ2v) is 5.87. The van der Waals surface area contributed by atoms with Crippen molar-refractivity contribution in [3.63, 3.8) is 0 Å². The van der Waals surface area contributed by atoms with E-state index >= 15 is 0 Å². The summed E-state index contributed by atoms with van der Waals surface area (Å²) in [4.78, 5) is 18.5. The Labute approximate surface area is 166 Å². The number of benzene rings is 2. The maximum absolute atomic E-state index is 13.9. The van der Waals surface area contributed by atoms with Crippen molar-refractivity contribution >= 4 is 12.2 Å². The molecule has 0 aliphatic rings. The summed E-state index contributed by atoms with van der Waals surface area (Å²) in [5.41, 5.74) is -0.101. The van der Waals surface area contributed by atoms with Crippen LogP contribution in [-0.2, 0) is 6.18 Å². The van der Waals surface area contributed by atoms with Crippen LogP contribution in [0.25, 0.3) is 11.3 Å². The van der Waals surface area contributed by atoms with E-state index in [4.69, 9.17) is 0 Å². The van der Waals surface area contributed by atoms with Gasteiger partial charge in [0.25, 0.3) is 5.56 Å². The van der Waals surface area contributed by atoms with E-state index in [0.717, 1.165) is 6.21 Å². The first-order valence-electron chi connectivity index (χ1n) is 8.19. The molecule has 0 bridgehead atoms. The molecule has 0 saturated carbocycles. The molecule has 11 heteroatoms. The number of hydrogen-bond donors (Lipinski definition) is 3. The molecule has 0 spiro atoms. The molecule has 0 aliphatic carbocycles. The molecule has 7 nitrogen and oxygen atoms in total. The van der Waals surface area contributed by atoms with Gasteiger partial charge in [0.05, 0.1) is 23.0 Å². The van der Waals surface area contributed by atoms with E-state index in [0.29, 0.717) is 11.6 Å². The van der Waals surface area contributed by atoms with Crippen molar-refractivity contribution in [2.45, 2.75) is 6.18 Å². The van der Waals surface area contributed by atoms with Gasteiger partial charge in [0.2, 0.25) is 5.95 Å². The highest BCUT2D eigenvalue weighted by Crippen LogP contribution is 2.33. The van der Waals surface area contributed by atoms with Gasteiger partial charge in [-0.2, -0.15) is 23.5 Å². The summed E-state index contributed by atoms with van der Waals surface area (Å²) in [6.45, 7) is 0. The molecule has 0 unspecified atom stereocenters. The van der Waals surface area contributed by atoms with Gasteiger partial charge in [-0.1, -0.05) is 30.3 Å². The maximum Gasteiger partial charge on any atom is 0.416 e. The predicted octanol–water partition coefficient (Wildman–Crippen LogP) is 3.62. The highest BCUT2D eigenvalue weighted by atomic mass is 19.4. The lowest BCUT2D eigenvalue weighted by molar-refractivity contribution is -0.137. The lowest BCUT2D eigenvalue weighted by Gasteiger charge is -2.09. The average Bonchev–Trinajstić information content (AvgIpc) is 2.69. The van der Waals surface area contributed by atoms with Gasteiger partial charge in [0.15, 0.2) is 0 Å². The van der Waals surface area contributed by atoms with Crippen LogP contribution in [-0.4, -0.2) is 21.3 Å². The van der Waals surface area contributed by atoms with Crippen LogP contribution >= 0.6 is 0 Å². The fraction of sp³-hybridized carbons (Fsp3) is 0.0526. The topological polar surface area (TPSA) is 114 Å². The zero-order valence-electron chi connectivity index (χ0n) is 14.8. The van der Waals surface area contributed by atoms with Gasteiger partial charge in [0.1, 0.15) is 23.2 Å². The van der Waals surface area contributed by atoms with Gasteiger partial charge in [0, 0.05) is 5.56 Å². The van der Waals surface area contributed by atoms with Gasteiger partial charge in [-0.25, -0.2) is 14.8 Å². The number of aromatic hydroxyl groups is 1. The number of phenolic OH excluding ortho intramolecular Hbond substituents is 1. The molecule has 2 aromatic carbocycles. The molecule has 0 aliphatic heterocycles. The number of alkyl halides is 3. The summed E-state index contributed by atoms with van der Waals surface area (Å²) in [5, 5.41) is 22.5. The Morgan fingerprint density at radius 3 is 2.53 bits per heavy atom. The van der Waals surface area contributed by atoms with Crippen LogP contribution in [0.3, 0.4) is 0 Å². The number of anilines is 1. The van der Waals surface area contributed by atoms with E-state index in [2.05, 4.69) is 20.5 Å². The highest BCUT2D eigenvalue weighted by Gasteiger charge is 2.32. The molecule has 0 radical (unpaired) electrons. The van der Waals surface area contributed by atoms with E-state index < -0.39 is 34.4 Å². The third kappa shape index (κ3) is 4.27. The van der Waals surface area contributed by atoms with Crippen LogP contribution in [0.15, 0.2) is 52.4 Å². The number of nitriles is 1. The van der Waals surface area contributed by atoms with Gasteiger partial charge in [-0.15, -0.1) is 0 Å². The van der Waals surface area contributed by atoms with Crippen LogP contribution in [0.4, 0.5) is 23.5 Å². The SMILES string of the molecule is N#Cc1c(-c2ccccc2)nc(NN=Cc2c(O)cc(C(F)(F)F)cc2F)[nH]c1=O. The second kappa shape index (κ2) is 8.04. The summed E-state index contributed by atoms with van der Waals surface area (Å²) < 4.78 is 51.9. The van der Waals surface area contributed by atoms with Crippen molar-refractivity contribution < 1.29 is 22.7 Å². The maximum atomic E-state index is 13.9. The number of hydrogen-bond acceptors (Lipinski definition) is 6. The van der Waals surface area contributed by atoms with Crippen molar-refractivity contribution in [1.82, 2.24) is 9.97 Å². The summed E-state index contributed by atoms with van der Waals surface area (Å²) in [6, 6.07) is 10.7. The molecule has 0 saturated heterocycles. The normalized spacial score (nSPS) is 11.4. The molecule has 0 atom stereocenters. The Balaban J connectivity index is 1.92. The van der Waals surface area contributed by atoms with Gasteiger partial charge in [-0.05, 0) is 12.1 Å². The number of hydrazone groups is 1. The van der Waals surface area contributed by atoms with Crippen molar-refractivity contribution in [1.29, 1.82) is 5.26 Å². The van der Waals surface area contributed by atoms with Crippen LogP contribution in [0.1, 0.15) is 16.7 Å². The predicted molar refractivity (Wildman–Crippen MR) is 99.3 cm³/mol. The van der Waals surface area contributed by atoms with E-state index in [-0.39, 0.29) is 23.3 Å². The molecule has 3 N–H and O–H groups in total. The smallest absolute Gasteiger partial charge is 0.416 e. The third-order valence-corrected chi connectivity index (χ3v) is 3.88. The van der Waals surface area contributed by atoms with Crippen molar-refractivity contribution in [2.75, 3.05) is 5.43 Å². The number of nitrogens with zero attached hydrogens (tertiary/aromatic N) is 3. The Kier molecular flexibility index (Phi) is 5.50. The van der Waals surface area contributed by atoms with Crippen LogP contribution in [0.5, 0.6) is 5.75 Å². The summed E-state index contributed by atoms with van der Waals surface area (Å²) in [6.07, 6.45) is -4.10. The number of aromatic nitrogens is 2. The van der Waals surface area contributed by atoms with Crippen molar-refractivity contribution in [3.05, 3.63) is 75.3 Å². The molecular formula is C19H11F4N5O2. The minimum atomic E-state index is -4.83.